The van der Waals surface area contributed by atoms with Gasteiger partial charge in [-0.15, -0.1) is 0 Å². The highest BCUT2D eigenvalue weighted by Gasteiger charge is 2.24. The lowest BCUT2D eigenvalue weighted by atomic mass is 10.2. The number of hydrogen-bond donors (Lipinski definition) is 3. The molecule has 0 spiro atoms. The van der Waals surface area contributed by atoms with Crippen molar-refractivity contribution in [2.24, 2.45) is 5.92 Å². The number of ether oxygens (including phenoxy) is 1. The predicted molar refractivity (Wildman–Crippen MR) is 132 cm³/mol. The molecule has 0 bridgehead atoms. The van der Waals surface area contributed by atoms with E-state index in [1.54, 1.807) is 41.3 Å². The summed E-state index contributed by atoms with van der Waals surface area (Å²) in [5.74, 6) is -0.436. The van der Waals surface area contributed by atoms with Crippen LogP contribution in [0.3, 0.4) is 0 Å². The molecule has 0 saturated carbocycles. The van der Waals surface area contributed by atoms with E-state index in [0.29, 0.717) is 16.4 Å². The van der Waals surface area contributed by atoms with E-state index in [0.717, 1.165) is 0 Å². The molecule has 1 amide bonds. The Kier molecular flexibility index (Phi) is 8.13. The molecule has 0 aliphatic heterocycles. The monoisotopic (exact) mass is 489 g/mol. The maximum atomic E-state index is 13.3. The highest BCUT2D eigenvalue weighted by molar-refractivity contribution is 6.31. The van der Waals surface area contributed by atoms with Crippen molar-refractivity contribution in [2.75, 3.05) is 42.8 Å². The molecule has 0 saturated heterocycles. The summed E-state index contributed by atoms with van der Waals surface area (Å²) in [6, 6.07) is 6.94. The van der Waals surface area contributed by atoms with Crippen molar-refractivity contribution in [1.82, 2.24) is 19.3 Å². The van der Waals surface area contributed by atoms with Gasteiger partial charge in [0.05, 0.1) is 24.5 Å². The second kappa shape index (κ2) is 11.0. The number of methoxy groups -OCH3 is 1. The first-order valence-corrected chi connectivity index (χ1v) is 11.1. The van der Waals surface area contributed by atoms with E-state index < -0.39 is 17.2 Å². The summed E-state index contributed by atoms with van der Waals surface area (Å²) in [5, 5.41) is 7.76. The smallest absolute Gasteiger partial charge is 0.330 e. The van der Waals surface area contributed by atoms with Crippen molar-refractivity contribution < 1.29 is 9.53 Å². The number of benzene rings is 1. The van der Waals surface area contributed by atoms with Gasteiger partial charge in [-0.05, 0) is 30.2 Å². The standard InChI is InChI=1S/C22H28ClN7O4/c1-14(2)13-29-20(24)19(21(32)27-22(29)33)28(9-10-34-3)18(31)12-25-16-11-15(23)5-6-17(16)30-8-4-7-26-30/h4-8,11,14,25H,9-10,12-13,24H2,1-3H3,(H,27,32,33). The molecule has 0 radical (unpaired) electrons. The van der Waals surface area contributed by atoms with E-state index in [1.807, 2.05) is 13.8 Å². The number of aromatic amines is 1. The number of carbonyl (C=O) groups excluding carboxylic acids is 1. The van der Waals surface area contributed by atoms with E-state index >= 15 is 0 Å². The van der Waals surface area contributed by atoms with Crippen molar-refractivity contribution in [3.63, 3.8) is 0 Å². The number of carbonyl (C=O) groups is 1. The summed E-state index contributed by atoms with van der Waals surface area (Å²) < 4.78 is 8.02. The van der Waals surface area contributed by atoms with Crippen LogP contribution >= 0.6 is 11.6 Å². The highest BCUT2D eigenvalue weighted by Crippen LogP contribution is 2.24. The summed E-state index contributed by atoms with van der Waals surface area (Å²) in [4.78, 5) is 41.8. The van der Waals surface area contributed by atoms with Crippen LogP contribution in [0.25, 0.3) is 5.69 Å². The Morgan fingerprint density at radius 1 is 1.35 bits per heavy atom. The topological polar surface area (TPSA) is 140 Å². The minimum atomic E-state index is -0.744. The molecule has 1 aromatic carbocycles. The fourth-order valence-electron chi connectivity index (χ4n) is 3.46. The number of H-pyrrole nitrogens is 1. The quantitative estimate of drug-likeness (QED) is 0.393. The van der Waals surface area contributed by atoms with Crippen LogP contribution in [0.15, 0.2) is 46.2 Å². The van der Waals surface area contributed by atoms with E-state index in [2.05, 4.69) is 15.4 Å². The minimum absolute atomic E-state index is 0.0612. The number of aromatic nitrogens is 4. The molecular weight excluding hydrogens is 462 g/mol. The molecular formula is C22H28ClN7O4. The first-order chi connectivity index (χ1) is 16.2. The SMILES string of the molecule is COCCN(C(=O)CNc1cc(Cl)ccc1-n1cccn1)c1c(N)n(CC(C)C)c(=O)[nH]c1=O. The zero-order valence-corrected chi connectivity index (χ0v) is 20.0. The molecule has 2 heterocycles. The van der Waals surface area contributed by atoms with Gasteiger partial charge in [0.2, 0.25) is 5.91 Å². The fourth-order valence-corrected chi connectivity index (χ4v) is 3.63. The molecule has 2 aromatic heterocycles. The molecule has 0 fully saturated rings. The first kappa shape index (κ1) is 25.1. The summed E-state index contributed by atoms with van der Waals surface area (Å²) in [6.07, 6.45) is 3.40. The molecule has 12 heteroatoms. The number of halogens is 1. The van der Waals surface area contributed by atoms with Crippen molar-refractivity contribution in [3.8, 4) is 5.69 Å². The van der Waals surface area contributed by atoms with E-state index in [-0.39, 0.29) is 43.7 Å². The van der Waals surface area contributed by atoms with Crippen molar-refractivity contribution in [3.05, 3.63) is 62.5 Å². The number of nitrogen functional groups attached to an aromatic ring is 1. The molecule has 182 valence electrons. The number of nitrogens with zero attached hydrogens (tertiary/aromatic N) is 4. The largest absolute Gasteiger partial charge is 0.383 e. The van der Waals surface area contributed by atoms with Gasteiger partial charge >= 0.3 is 5.69 Å². The summed E-state index contributed by atoms with van der Waals surface area (Å²) in [7, 11) is 1.48. The van der Waals surface area contributed by atoms with Gasteiger partial charge in [0.1, 0.15) is 5.82 Å². The Bertz CT molecular complexity index is 1250. The Labute approximate surface area is 201 Å². The van der Waals surface area contributed by atoms with Crippen LogP contribution in [0, 0.1) is 5.92 Å². The Morgan fingerprint density at radius 3 is 2.76 bits per heavy atom. The van der Waals surface area contributed by atoms with Crippen LogP contribution in [0.4, 0.5) is 17.2 Å². The van der Waals surface area contributed by atoms with Gasteiger partial charge in [-0.25, -0.2) is 9.48 Å². The lowest BCUT2D eigenvalue weighted by Crippen LogP contribution is -2.44. The number of anilines is 3. The average molecular weight is 490 g/mol. The number of rotatable bonds is 10. The van der Waals surface area contributed by atoms with Crippen LogP contribution in [0.1, 0.15) is 13.8 Å². The third kappa shape index (κ3) is 5.67. The summed E-state index contributed by atoms with van der Waals surface area (Å²) >= 11 is 6.16. The Morgan fingerprint density at radius 2 is 2.12 bits per heavy atom. The normalized spacial score (nSPS) is 11.1. The van der Waals surface area contributed by atoms with Crippen LogP contribution in [-0.2, 0) is 16.1 Å². The van der Waals surface area contributed by atoms with Crippen molar-refractivity contribution >= 4 is 34.7 Å². The molecule has 0 aliphatic carbocycles. The number of nitrogens with two attached hydrogens (primary N) is 1. The number of amides is 1. The number of nitrogens with one attached hydrogen (secondary N) is 2. The van der Waals surface area contributed by atoms with Gasteiger partial charge in [0.25, 0.3) is 5.56 Å². The van der Waals surface area contributed by atoms with Gasteiger partial charge in [-0.2, -0.15) is 5.10 Å². The molecule has 0 unspecified atom stereocenters. The Hall–Kier alpha value is -3.57. The van der Waals surface area contributed by atoms with E-state index in [4.69, 9.17) is 22.1 Å². The minimum Gasteiger partial charge on any atom is -0.383 e. The highest BCUT2D eigenvalue weighted by atomic mass is 35.5. The van der Waals surface area contributed by atoms with Crippen LogP contribution in [-0.4, -0.2) is 52.0 Å². The second-order valence-electron chi connectivity index (χ2n) is 8.00. The second-order valence-corrected chi connectivity index (χ2v) is 8.44. The van der Waals surface area contributed by atoms with Gasteiger partial charge in [-0.1, -0.05) is 25.4 Å². The Balaban J connectivity index is 1.94. The van der Waals surface area contributed by atoms with Gasteiger partial charge in [0, 0.05) is 37.6 Å². The van der Waals surface area contributed by atoms with Crippen LogP contribution in [0.2, 0.25) is 5.02 Å². The van der Waals surface area contributed by atoms with Gasteiger partial charge < -0.3 is 20.7 Å². The maximum Gasteiger partial charge on any atom is 0.330 e. The van der Waals surface area contributed by atoms with E-state index in [9.17, 15) is 14.4 Å². The zero-order chi connectivity index (χ0) is 24.8. The predicted octanol–water partition coefficient (Wildman–Crippen LogP) is 1.71. The lowest BCUT2D eigenvalue weighted by Gasteiger charge is -2.25. The molecule has 3 aromatic rings. The molecule has 3 rings (SSSR count). The molecule has 11 nitrogen and oxygen atoms in total. The molecule has 34 heavy (non-hydrogen) atoms. The van der Waals surface area contributed by atoms with Crippen molar-refractivity contribution in [1.29, 1.82) is 0 Å². The summed E-state index contributed by atoms with van der Waals surface area (Å²) in [6.45, 7) is 4.15. The third-order valence-electron chi connectivity index (χ3n) is 4.99. The maximum absolute atomic E-state index is 13.3. The molecule has 0 atom stereocenters. The average Bonchev–Trinajstić information content (AvgIpc) is 3.31. The first-order valence-electron chi connectivity index (χ1n) is 10.7. The third-order valence-corrected chi connectivity index (χ3v) is 5.23. The lowest BCUT2D eigenvalue weighted by molar-refractivity contribution is -0.117. The van der Waals surface area contributed by atoms with Crippen molar-refractivity contribution in [2.45, 2.75) is 20.4 Å². The van der Waals surface area contributed by atoms with E-state index in [1.165, 1.54) is 16.6 Å². The van der Waals surface area contributed by atoms with Crippen LogP contribution < -0.4 is 27.2 Å². The van der Waals surface area contributed by atoms with Gasteiger partial charge in [0.15, 0.2) is 5.69 Å². The summed E-state index contributed by atoms with van der Waals surface area (Å²) in [5.41, 5.74) is 6.02. The molecule has 0 aliphatic rings. The van der Waals surface area contributed by atoms with Gasteiger partial charge in [-0.3, -0.25) is 19.1 Å². The molecule has 4 N–H and O–H groups in total. The zero-order valence-electron chi connectivity index (χ0n) is 19.2. The number of hydrogen-bond acceptors (Lipinski definition) is 7. The fraction of sp³-hybridized carbons (Fsp3) is 0.364. The van der Waals surface area contributed by atoms with Crippen LogP contribution in [0.5, 0.6) is 0 Å².